The van der Waals surface area contributed by atoms with E-state index in [0.717, 1.165) is 18.6 Å². The van der Waals surface area contributed by atoms with Crippen molar-refractivity contribution < 1.29 is 13.2 Å². The summed E-state index contributed by atoms with van der Waals surface area (Å²) in [5, 5.41) is 5.01. The molecule has 0 saturated carbocycles. The molecule has 1 aromatic carbocycles. The van der Waals surface area contributed by atoms with Crippen LogP contribution in [0.5, 0.6) is 5.75 Å². The lowest BCUT2D eigenvalue weighted by Crippen LogP contribution is -2.25. The molecule has 106 valence electrons. The molecule has 0 amide bonds. The summed E-state index contributed by atoms with van der Waals surface area (Å²) in [6.45, 7) is 2.19. The molecule has 1 aliphatic rings. The second-order valence-electron chi connectivity index (χ2n) is 5.38. The van der Waals surface area contributed by atoms with Gasteiger partial charge in [-0.3, -0.25) is 0 Å². The predicted octanol–water partition coefficient (Wildman–Crippen LogP) is 1.87. The number of hydrogen-bond acceptors (Lipinski definition) is 3. The highest BCUT2D eigenvalue weighted by atomic mass is 32.2. The first-order chi connectivity index (χ1) is 8.94. The van der Waals surface area contributed by atoms with Crippen molar-refractivity contribution in [2.75, 3.05) is 12.4 Å². The van der Waals surface area contributed by atoms with Gasteiger partial charge in [-0.25, -0.2) is 13.6 Å². The molecule has 0 fully saturated rings. The molecule has 0 aromatic heterocycles. The number of primary sulfonamides is 1. The summed E-state index contributed by atoms with van der Waals surface area (Å²) in [5.74, 6) is 0.672. The van der Waals surface area contributed by atoms with Crippen LogP contribution in [0.2, 0.25) is 0 Å². The lowest BCUT2D eigenvalue weighted by atomic mass is 9.92. The van der Waals surface area contributed by atoms with Crippen molar-refractivity contribution in [3.8, 4) is 5.75 Å². The van der Waals surface area contributed by atoms with Crippen molar-refractivity contribution in [1.82, 2.24) is 0 Å². The van der Waals surface area contributed by atoms with E-state index in [9.17, 15) is 8.42 Å². The van der Waals surface area contributed by atoms with Crippen molar-refractivity contribution in [3.05, 3.63) is 29.3 Å². The number of rotatable bonds is 5. The van der Waals surface area contributed by atoms with Crippen LogP contribution in [-0.2, 0) is 22.9 Å². The first-order valence-electron chi connectivity index (χ1n) is 6.69. The number of aryl methyl sites for hydroxylation is 2. The van der Waals surface area contributed by atoms with Crippen LogP contribution in [0.3, 0.4) is 0 Å². The third-order valence-electron chi connectivity index (χ3n) is 3.37. The Morgan fingerprint density at radius 3 is 2.63 bits per heavy atom. The van der Waals surface area contributed by atoms with Gasteiger partial charge in [-0.05, 0) is 48.9 Å². The van der Waals surface area contributed by atoms with Gasteiger partial charge < -0.3 is 4.74 Å². The molecule has 1 aromatic rings. The Kier molecular flexibility index (Phi) is 4.47. The van der Waals surface area contributed by atoms with Crippen LogP contribution in [0.15, 0.2) is 18.2 Å². The maximum Gasteiger partial charge on any atom is 0.209 e. The number of benzene rings is 1. The zero-order chi connectivity index (χ0) is 13.9. The normalized spacial score (nSPS) is 16.7. The van der Waals surface area contributed by atoms with Crippen molar-refractivity contribution in [2.45, 2.75) is 32.6 Å². The highest BCUT2D eigenvalue weighted by Crippen LogP contribution is 2.25. The fourth-order valence-corrected chi connectivity index (χ4v) is 3.37. The molecular weight excluding hydrogens is 262 g/mol. The van der Waals surface area contributed by atoms with E-state index < -0.39 is 10.0 Å². The average molecular weight is 283 g/mol. The molecule has 0 aliphatic heterocycles. The maximum absolute atomic E-state index is 11.0. The molecule has 0 heterocycles. The summed E-state index contributed by atoms with van der Waals surface area (Å²) in [7, 11) is -3.42. The van der Waals surface area contributed by atoms with E-state index in [1.807, 2.05) is 13.0 Å². The summed E-state index contributed by atoms with van der Waals surface area (Å²) in [6, 6.07) is 6.17. The average Bonchev–Trinajstić information content (AvgIpc) is 2.34. The van der Waals surface area contributed by atoms with Crippen LogP contribution in [0.4, 0.5) is 0 Å². The van der Waals surface area contributed by atoms with Crippen LogP contribution < -0.4 is 9.88 Å². The van der Waals surface area contributed by atoms with E-state index in [1.165, 1.54) is 24.0 Å². The molecule has 0 spiro atoms. The number of hydrogen-bond donors (Lipinski definition) is 1. The zero-order valence-electron chi connectivity index (χ0n) is 11.3. The molecule has 4 nitrogen and oxygen atoms in total. The molecule has 0 saturated heterocycles. The van der Waals surface area contributed by atoms with Gasteiger partial charge in [0, 0.05) is 5.92 Å². The van der Waals surface area contributed by atoms with Crippen molar-refractivity contribution in [1.29, 1.82) is 0 Å². The SMILES string of the molecule is CC(COc1ccc2c(c1)CCCC2)CS(N)(=O)=O. The van der Waals surface area contributed by atoms with E-state index in [2.05, 4.69) is 12.1 Å². The van der Waals surface area contributed by atoms with Gasteiger partial charge in [0.05, 0.1) is 12.4 Å². The minimum Gasteiger partial charge on any atom is -0.493 e. The van der Waals surface area contributed by atoms with Crippen molar-refractivity contribution in [2.24, 2.45) is 11.1 Å². The molecule has 2 N–H and O–H groups in total. The zero-order valence-corrected chi connectivity index (χ0v) is 12.1. The van der Waals surface area contributed by atoms with Crippen LogP contribution in [0.25, 0.3) is 0 Å². The third kappa shape index (κ3) is 4.51. The Morgan fingerprint density at radius 1 is 1.26 bits per heavy atom. The number of ether oxygens (including phenoxy) is 1. The van der Waals surface area contributed by atoms with E-state index >= 15 is 0 Å². The van der Waals surface area contributed by atoms with Gasteiger partial charge >= 0.3 is 0 Å². The van der Waals surface area contributed by atoms with Crippen LogP contribution in [0.1, 0.15) is 30.9 Å². The Balaban J connectivity index is 1.93. The maximum atomic E-state index is 11.0. The smallest absolute Gasteiger partial charge is 0.209 e. The van der Waals surface area contributed by atoms with Gasteiger partial charge in [-0.2, -0.15) is 0 Å². The molecular formula is C14H21NO3S. The monoisotopic (exact) mass is 283 g/mol. The quantitative estimate of drug-likeness (QED) is 0.897. The lowest BCUT2D eigenvalue weighted by molar-refractivity contribution is 0.271. The number of sulfonamides is 1. The first-order valence-corrected chi connectivity index (χ1v) is 8.40. The lowest BCUT2D eigenvalue weighted by Gasteiger charge is -2.18. The highest BCUT2D eigenvalue weighted by molar-refractivity contribution is 7.89. The predicted molar refractivity (Wildman–Crippen MR) is 75.7 cm³/mol. The largest absolute Gasteiger partial charge is 0.493 e. The van der Waals surface area contributed by atoms with E-state index in [1.54, 1.807) is 0 Å². The van der Waals surface area contributed by atoms with E-state index in [-0.39, 0.29) is 11.7 Å². The Hall–Kier alpha value is -1.07. The summed E-state index contributed by atoms with van der Waals surface area (Å²) in [4.78, 5) is 0. The summed E-state index contributed by atoms with van der Waals surface area (Å²) in [6.07, 6.45) is 4.76. The van der Waals surface area contributed by atoms with E-state index in [4.69, 9.17) is 9.88 Å². The summed E-state index contributed by atoms with van der Waals surface area (Å²) in [5.41, 5.74) is 2.78. The van der Waals surface area contributed by atoms with Gasteiger partial charge in [0.2, 0.25) is 10.0 Å². The minimum absolute atomic E-state index is 0.0437. The first kappa shape index (κ1) is 14.3. The van der Waals surface area contributed by atoms with Gasteiger partial charge in [-0.1, -0.05) is 13.0 Å². The van der Waals surface area contributed by atoms with Gasteiger partial charge in [0.1, 0.15) is 5.75 Å². The molecule has 2 rings (SSSR count). The molecule has 1 aliphatic carbocycles. The van der Waals surface area contributed by atoms with E-state index in [0.29, 0.717) is 6.61 Å². The highest BCUT2D eigenvalue weighted by Gasteiger charge is 2.13. The second kappa shape index (κ2) is 5.92. The minimum atomic E-state index is -3.42. The summed E-state index contributed by atoms with van der Waals surface area (Å²) >= 11 is 0. The molecule has 1 atom stereocenters. The summed E-state index contributed by atoms with van der Waals surface area (Å²) < 4.78 is 27.6. The van der Waals surface area contributed by atoms with Crippen LogP contribution in [-0.4, -0.2) is 20.8 Å². The Morgan fingerprint density at radius 2 is 1.95 bits per heavy atom. The fourth-order valence-electron chi connectivity index (χ4n) is 2.48. The molecule has 5 heteroatoms. The van der Waals surface area contributed by atoms with Crippen molar-refractivity contribution >= 4 is 10.0 Å². The van der Waals surface area contributed by atoms with Crippen molar-refractivity contribution in [3.63, 3.8) is 0 Å². The Labute approximate surface area is 115 Å². The van der Waals surface area contributed by atoms with Gasteiger partial charge in [-0.15, -0.1) is 0 Å². The topological polar surface area (TPSA) is 69.4 Å². The standard InChI is InChI=1S/C14H21NO3S/c1-11(10-19(15,16)17)9-18-14-7-6-12-4-2-3-5-13(12)8-14/h6-8,11H,2-5,9-10H2,1H3,(H2,15,16,17). The van der Waals surface area contributed by atoms with Crippen LogP contribution in [0, 0.1) is 5.92 Å². The van der Waals surface area contributed by atoms with Gasteiger partial charge in [0.15, 0.2) is 0 Å². The molecule has 0 bridgehead atoms. The third-order valence-corrected chi connectivity index (χ3v) is 4.40. The number of nitrogens with two attached hydrogens (primary N) is 1. The van der Waals surface area contributed by atoms with Gasteiger partial charge in [0.25, 0.3) is 0 Å². The fraction of sp³-hybridized carbons (Fsp3) is 0.571. The molecule has 19 heavy (non-hydrogen) atoms. The Bertz CT molecular complexity index is 540. The second-order valence-corrected chi connectivity index (χ2v) is 7.04. The number of fused-ring (bicyclic) bond motifs is 1. The molecule has 1 unspecified atom stereocenters. The molecule has 0 radical (unpaired) electrons. The van der Waals surface area contributed by atoms with Crippen LogP contribution >= 0.6 is 0 Å².